The van der Waals surface area contributed by atoms with E-state index in [9.17, 15) is 0 Å². The van der Waals surface area contributed by atoms with Crippen LogP contribution in [0.3, 0.4) is 0 Å². The van der Waals surface area contributed by atoms with Crippen LogP contribution in [0.15, 0.2) is 34.9 Å². The molecule has 0 radical (unpaired) electrons. The third kappa shape index (κ3) is 3.97. The van der Waals surface area contributed by atoms with E-state index in [1.165, 1.54) is 0 Å². The van der Waals surface area contributed by atoms with Crippen LogP contribution >= 0.6 is 15.9 Å². The van der Waals surface area contributed by atoms with E-state index < -0.39 is 0 Å². The summed E-state index contributed by atoms with van der Waals surface area (Å²) < 4.78 is 12.1. The van der Waals surface area contributed by atoms with Crippen LogP contribution in [0.2, 0.25) is 0 Å². The van der Waals surface area contributed by atoms with Crippen molar-refractivity contribution >= 4 is 32.5 Å². The number of hydrogen-bond acceptors (Lipinski definition) is 4. The quantitative estimate of drug-likeness (QED) is 0.757. The van der Waals surface area contributed by atoms with Crippen molar-refractivity contribution < 1.29 is 9.47 Å². The molecular weight excluding hydrogens is 344 g/mol. The fourth-order valence-corrected chi connectivity index (χ4v) is 3.12. The predicted molar refractivity (Wildman–Crippen MR) is 92.3 cm³/mol. The van der Waals surface area contributed by atoms with E-state index in [1.54, 1.807) is 0 Å². The first kappa shape index (κ1) is 15.7. The molecule has 0 amide bonds. The lowest BCUT2D eigenvalue weighted by atomic mass is 10.1. The second-order valence-corrected chi connectivity index (χ2v) is 6.43. The second kappa shape index (κ2) is 7.90. The maximum absolute atomic E-state index is 5.72. The Morgan fingerprint density at radius 1 is 1.36 bits per heavy atom. The van der Waals surface area contributed by atoms with Gasteiger partial charge in [-0.25, -0.2) is 0 Å². The maximum atomic E-state index is 5.72. The normalized spacial score (nSPS) is 18.0. The molecule has 1 aliphatic heterocycles. The van der Waals surface area contributed by atoms with Gasteiger partial charge in [0.15, 0.2) is 0 Å². The topological polar surface area (TPSA) is 43.4 Å². The van der Waals surface area contributed by atoms with Gasteiger partial charge in [-0.2, -0.15) is 0 Å². The van der Waals surface area contributed by atoms with Gasteiger partial charge in [-0.3, -0.25) is 4.98 Å². The Labute approximate surface area is 139 Å². The van der Waals surface area contributed by atoms with Crippen molar-refractivity contribution in [2.45, 2.75) is 12.8 Å². The van der Waals surface area contributed by atoms with Gasteiger partial charge in [0.2, 0.25) is 0 Å². The lowest BCUT2D eigenvalue weighted by Crippen LogP contribution is -2.12. The number of nitrogens with one attached hydrogen (secondary N) is 1. The molecule has 2 aromatic rings. The Balaban J connectivity index is 1.44. The third-order valence-corrected chi connectivity index (χ3v) is 4.52. The summed E-state index contributed by atoms with van der Waals surface area (Å²) in [5, 5.41) is 4.62. The SMILES string of the molecule is Brc1cccc2c(NCCCOCC3CCOC3)ccnc12. The largest absolute Gasteiger partial charge is 0.384 e. The first-order valence-electron chi connectivity index (χ1n) is 7.77. The highest BCUT2D eigenvalue weighted by Gasteiger charge is 2.15. The zero-order chi connectivity index (χ0) is 15.2. The molecule has 22 heavy (non-hydrogen) atoms. The van der Waals surface area contributed by atoms with Crippen molar-refractivity contribution in [3.05, 3.63) is 34.9 Å². The molecule has 118 valence electrons. The molecule has 1 aliphatic rings. The Hall–Kier alpha value is -1.17. The smallest absolute Gasteiger partial charge is 0.0864 e. The van der Waals surface area contributed by atoms with Crippen LogP contribution in [0.1, 0.15) is 12.8 Å². The average Bonchev–Trinajstić information content (AvgIpc) is 3.05. The summed E-state index contributed by atoms with van der Waals surface area (Å²) >= 11 is 3.55. The van der Waals surface area contributed by atoms with Gasteiger partial charge in [-0.1, -0.05) is 12.1 Å². The molecule has 1 saturated heterocycles. The van der Waals surface area contributed by atoms with Gasteiger partial charge >= 0.3 is 0 Å². The average molecular weight is 365 g/mol. The number of ether oxygens (including phenoxy) is 2. The van der Waals surface area contributed by atoms with Crippen molar-refractivity contribution in [1.82, 2.24) is 4.98 Å². The summed E-state index contributed by atoms with van der Waals surface area (Å²) in [7, 11) is 0. The van der Waals surface area contributed by atoms with Gasteiger partial charge in [-0.05, 0) is 40.9 Å². The summed E-state index contributed by atoms with van der Waals surface area (Å²) in [4.78, 5) is 4.42. The van der Waals surface area contributed by atoms with E-state index in [-0.39, 0.29) is 0 Å². The second-order valence-electron chi connectivity index (χ2n) is 5.58. The molecule has 1 fully saturated rings. The molecule has 1 aromatic carbocycles. The van der Waals surface area contributed by atoms with Crippen molar-refractivity contribution in [2.24, 2.45) is 5.92 Å². The number of para-hydroxylation sites is 1. The summed E-state index contributed by atoms with van der Waals surface area (Å²) in [6.45, 7) is 4.25. The van der Waals surface area contributed by atoms with Crippen LogP contribution in [0.4, 0.5) is 5.69 Å². The molecule has 2 heterocycles. The number of anilines is 1. The lowest BCUT2D eigenvalue weighted by Gasteiger charge is -2.11. The van der Waals surface area contributed by atoms with E-state index in [4.69, 9.17) is 9.47 Å². The predicted octanol–water partition coefficient (Wildman–Crippen LogP) is 3.85. The lowest BCUT2D eigenvalue weighted by molar-refractivity contribution is 0.0897. The molecule has 0 spiro atoms. The zero-order valence-electron chi connectivity index (χ0n) is 12.6. The van der Waals surface area contributed by atoms with Crippen LogP contribution in [0.25, 0.3) is 10.9 Å². The number of aromatic nitrogens is 1. The maximum Gasteiger partial charge on any atom is 0.0864 e. The number of nitrogens with zero attached hydrogens (tertiary/aromatic N) is 1. The number of pyridine rings is 1. The molecule has 0 saturated carbocycles. The third-order valence-electron chi connectivity index (χ3n) is 3.88. The number of fused-ring (bicyclic) bond motifs is 1. The van der Waals surface area contributed by atoms with Gasteiger partial charge in [0.05, 0.1) is 18.7 Å². The molecular formula is C17H21BrN2O2. The molecule has 3 rings (SSSR count). The number of hydrogen-bond donors (Lipinski definition) is 1. The van der Waals surface area contributed by atoms with E-state index in [0.717, 1.165) is 66.9 Å². The summed E-state index contributed by atoms with van der Waals surface area (Å²) in [6.07, 6.45) is 3.97. The first-order valence-corrected chi connectivity index (χ1v) is 8.56. The Kier molecular flexibility index (Phi) is 5.64. The van der Waals surface area contributed by atoms with Gasteiger partial charge < -0.3 is 14.8 Å². The fraction of sp³-hybridized carbons (Fsp3) is 0.471. The molecule has 1 unspecified atom stereocenters. The Bertz CT molecular complexity index is 615. The van der Waals surface area contributed by atoms with Crippen molar-refractivity contribution in [3.63, 3.8) is 0 Å². The van der Waals surface area contributed by atoms with Crippen LogP contribution in [-0.4, -0.2) is 38.0 Å². The minimum Gasteiger partial charge on any atom is -0.384 e. The minimum absolute atomic E-state index is 0.592. The van der Waals surface area contributed by atoms with Gasteiger partial charge in [0.25, 0.3) is 0 Å². The molecule has 5 heteroatoms. The van der Waals surface area contributed by atoms with Gasteiger partial charge in [0, 0.05) is 47.4 Å². The molecule has 1 N–H and O–H groups in total. The minimum atomic E-state index is 0.592. The van der Waals surface area contributed by atoms with E-state index in [0.29, 0.717) is 5.92 Å². The summed E-state index contributed by atoms with van der Waals surface area (Å²) in [6, 6.07) is 8.16. The van der Waals surface area contributed by atoms with E-state index >= 15 is 0 Å². The van der Waals surface area contributed by atoms with Crippen molar-refractivity contribution in [1.29, 1.82) is 0 Å². The summed E-state index contributed by atoms with van der Waals surface area (Å²) in [5.74, 6) is 0.592. The highest BCUT2D eigenvalue weighted by molar-refractivity contribution is 9.10. The number of halogens is 1. The Morgan fingerprint density at radius 2 is 2.32 bits per heavy atom. The highest BCUT2D eigenvalue weighted by Crippen LogP contribution is 2.27. The van der Waals surface area contributed by atoms with Crippen LogP contribution in [-0.2, 0) is 9.47 Å². The van der Waals surface area contributed by atoms with E-state index in [2.05, 4.69) is 32.3 Å². The fourth-order valence-electron chi connectivity index (χ4n) is 2.66. The van der Waals surface area contributed by atoms with Crippen molar-refractivity contribution in [2.75, 3.05) is 38.3 Å². The van der Waals surface area contributed by atoms with Crippen LogP contribution in [0.5, 0.6) is 0 Å². The first-order chi connectivity index (χ1) is 10.8. The van der Waals surface area contributed by atoms with Crippen molar-refractivity contribution in [3.8, 4) is 0 Å². The monoisotopic (exact) mass is 364 g/mol. The Morgan fingerprint density at radius 3 is 3.18 bits per heavy atom. The molecule has 0 bridgehead atoms. The standard InChI is InChI=1S/C17H21BrN2O2/c18-15-4-1-3-14-16(5-8-20-17(14)15)19-7-2-9-21-11-13-6-10-22-12-13/h1,3-5,8,13H,2,6-7,9-12H2,(H,19,20). The molecule has 1 aromatic heterocycles. The van der Waals surface area contributed by atoms with Crippen LogP contribution < -0.4 is 5.32 Å². The zero-order valence-corrected chi connectivity index (χ0v) is 14.1. The van der Waals surface area contributed by atoms with Crippen LogP contribution in [0, 0.1) is 5.92 Å². The number of rotatable bonds is 7. The molecule has 1 atom stereocenters. The number of benzene rings is 1. The molecule has 4 nitrogen and oxygen atoms in total. The summed E-state index contributed by atoms with van der Waals surface area (Å²) in [5.41, 5.74) is 2.11. The highest BCUT2D eigenvalue weighted by atomic mass is 79.9. The van der Waals surface area contributed by atoms with E-state index in [1.807, 2.05) is 24.4 Å². The molecule has 0 aliphatic carbocycles. The van der Waals surface area contributed by atoms with Gasteiger partial charge in [-0.15, -0.1) is 0 Å². The van der Waals surface area contributed by atoms with Gasteiger partial charge in [0.1, 0.15) is 0 Å².